The van der Waals surface area contributed by atoms with Crippen molar-refractivity contribution in [3.05, 3.63) is 162 Å². The molecule has 6 rings (SSSR count). The first-order valence-corrected chi connectivity index (χ1v) is 15.2. The maximum Gasteiger partial charge on any atom is 0.410 e. The topological polar surface area (TPSA) is 87.1 Å². The minimum atomic E-state index is -1.12. The summed E-state index contributed by atoms with van der Waals surface area (Å²) in [7, 11) is 1.28. The molecule has 46 heavy (non-hydrogen) atoms. The Morgan fingerprint density at radius 3 is 1.59 bits per heavy atom. The van der Waals surface area contributed by atoms with E-state index in [0.717, 1.165) is 33.4 Å². The molecule has 0 saturated carbocycles. The number of carboxylic acid groups (broad SMARTS) is 1. The van der Waals surface area contributed by atoms with E-state index in [1.807, 2.05) is 140 Å². The van der Waals surface area contributed by atoms with Crippen molar-refractivity contribution in [2.24, 2.45) is 0 Å². The molecule has 0 bridgehead atoms. The smallest absolute Gasteiger partial charge is 0.410 e. The Morgan fingerprint density at radius 2 is 1.11 bits per heavy atom. The van der Waals surface area contributed by atoms with Crippen molar-refractivity contribution in [1.82, 2.24) is 4.90 Å². The fourth-order valence-electron chi connectivity index (χ4n) is 6.56. The Kier molecular flexibility index (Phi) is 8.92. The predicted molar refractivity (Wildman–Crippen MR) is 177 cm³/mol. The molecule has 0 radical (unpaired) electrons. The summed E-state index contributed by atoms with van der Waals surface area (Å²) in [6.07, 6.45) is -1.41. The summed E-state index contributed by atoms with van der Waals surface area (Å²) in [6.45, 7) is 0. The molecule has 5 aromatic rings. The molecule has 5 aromatic carbocycles. The van der Waals surface area contributed by atoms with Crippen molar-refractivity contribution in [1.29, 1.82) is 0 Å². The lowest BCUT2D eigenvalue weighted by molar-refractivity contribution is -0.138. The van der Waals surface area contributed by atoms with Crippen LogP contribution < -0.4 is 4.90 Å². The largest absolute Gasteiger partial charge is 0.481 e. The number of carbonyl (C=O) groups is 3. The van der Waals surface area contributed by atoms with Crippen LogP contribution in [0, 0.1) is 0 Å². The van der Waals surface area contributed by atoms with Gasteiger partial charge in [-0.1, -0.05) is 127 Å². The maximum absolute atomic E-state index is 14.8. The van der Waals surface area contributed by atoms with E-state index in [-0.39, 0.29) is 12.3 Å². The number of nitrogens with zero attached hydrogens (tertiary/aromatic N) is 2. The zero-order chi connectivity index (χ0) is 32.0. The summed E-state index contributed by atoms with van der Waals surface area (Å²) in [6, 6.07) is 42.2. The number of benzene rings is 5. The van der Waals surface area contributed by atoms with Crippen LogP contribution in [0.2, 0.25) is 0 Å². The van der Waals surface area contributed by atoms with Crippen LogP contribution >= 0.6 is 0 Å². The fourth-order valence-corrected chi connectivity index (χ4v) is 6.56. The van der Waals surface area contributed by atoms with E-state index in [1.54, 1.807) is 4.90 Å². The minimum absolute atomic E-state index is 0.257. The molecule has 2 amide bonds. The average molecular weight is 611 g/mol. The Bertz CT molecular complexity index is 1740. The minimum Gasteiger partial charge on any atom is -0.481 e. The second-order valence-electron chi connectivity index (χ2n) is 11.2. The van der Waals surface area contributed by atoms with E-state index in [4.69, 9.17) is 4.74 Å². The highest BCUT2D eigenvalue weighted by molar-refractivity contribution is 5.96. The van der Waals surface area contributed by atoms with Crippen molar-refractivity contribution in [2.45, 2.75) is 31.0 Å². The fraction of sp³-hybridized carbons (Fsp3) is 0.154. The zero-order valence-corrected chi connectivity index (χ0v) is 25.4. The summed E-state index contributed by atoms with van der Waals surface area (Å²) >= 11 is 0. The van der Waals surface area contributed by atoms with Gasteiger partial charge in [0, 0.05) is 12.1 Å². The highest BCUT2D eigenvalue weighted by Gasteiger charge is 2.42. The molecule has 1 aliphatic rings. The first-order chi connectivity index (χ1) is 22.5. The Labute approximate surface area is 268 Å². The number of hydrogen-bond acceptors (Lipinski definition) is 4. The Morgan fingerprint density at radius 1 is 0.652 bits per heavy atom. The van der Waals surface area contributed by atoms with Gasteiger partial charge in [0.15, 0.2) is 0 Å². The number of aliphatic carboxylic acids is 1. The number of hydrogen-bond donors (Lipinski definition) is 1. The quantitative estimate of drug-likeness (QED) is 0.174. The van der Waals surface area contributed by atoms with Crippen molar-refractivity contribution in [3.63, 3.8) is 0 Å². The van der Waals surface area contributed by atoms with Crippen LogP contribution in [-0.2, 0) is 14.3 Å². The van der Waals surface area contributed by atoms with Crippen molar-refractivity contribution >= 4 is 23.7 Å². The predicted octanol–water partition coefficient (Wildman–Crippen LogP) is 7.88. The van der Waals surface area contributed by atoms with E-state index in [0.29, 0.717) is 5.69 Å². The van der Waals surface area contributed by atoms with E-state index in [9.17, 15) is 19.5 Å². The lowest BCUT2D eigenvalue weighted by Gasteiger charge is -2.38. The van der Waals surface area contributed by atoms with E-state index >= 15 is 0 Å². The van der Waals surface area contributed by atoms with Crippen molar-refractivity contribution < 1.29 is 24.2 Å². The van der Waals surface area contributed by atoms with Crippen LogP contribution in [0.25, 0.3) is 11.1 Å². The van der Waals surface area contributed by atoms with Crippen LogP contribution in [0.1, 0.15) is 47.2 Å². The zero-order valence-electron chi connectivity index (χ0n) is 25.4. The molecule has 7 nitrogen and oxygen atoms in total. The second kappa shape index (κ2) is 13.5. The Hall–Kier alpha value is -5.69. The number of anilines is 1. The van der Waals surface area contributed by atoms with Crippen molar-refractivity contribution in [3.8, 4) is 11.1 Å². The summed E-state index contributed by atoms with van der Waals surface area (Å²) in [5, 5.41) is 10.2. The van der Waals surface area contributed by atoms with E-state index < -0.39 is 36.6 Å². The highest BCUT2D eigenvalue weighted by Crippen LogP contribution is 2.47. The normalized spacial score (nSPS) is 12.6. The molecule has 230 valence electrons. The lowest BCUT2D eigenvalue weighted by atomic mass is 9.94. The SMILES string of the molecule is COC(=O)N(C1c2ccccc2-c2ccccc21)[C@H](CC(=O)O)CC(=O)N(c1ccccc1)C(c1ccccc1)c1ccccc1. The third-order valence-electron chi connectivity index (χ3n) is 8.47. The third kappa shape index (κ3) is 6.00. The van der Waals surface area contributed by atoms with Crippen molar-refractivity contribution in [2.75, 3.05) is 12.0 Å². The summed E-state index contributed by atoms with van der Waals surface area (Å²) in [5.74, 6) is -1.45. The van der Waals surface area contributed by atoms with Gasteiger partial charge in [0.1, 0.15) is 0 Å². The number of carbonyl (C=O) groups excluding carboxylic acids is 2. The molecule has 0 spiro atoms. The van der Waals surface area contributed by atoms with Gasteiger partial charge in [0.2, 0.25) is 5.91 Å². The van der Waals surface area contributed by atoms with Crippen LogP contribution in [0.4, 0.5) is 10.5 Å². The molecule has 0 aromatic heterocycles. The molecule has 1 N–H and O–H groups in total. The van der Waals surface area contributed by atoms with Gasteiger partial charge in [-0.15, -0.1) is 0 Å². The number of para-hydroxylation sites is 1. The van der Waals surface area contributed by atoms with E-state index in [1.165, 1.54) is 12.0 Å². The number of fused-ring (bicyclic) bond motifs is 3. The standard InChI is InChI=1S/C39H34N2O5/c1-46-39(45)41(38-33-23-13-11-21-31(33)32-22-12-14-24-34(32)38)30(26-36(43)44)25-35(42)40(29-19-9-4-10-20-29)37(27-15-5-2-6-16-27)28-17-7-3-8-18-28/h2-24,30,37-38H,25-26H2,1H3,(H,43,44)/t30-/m0/s1. The average Bonchev–Trinajstić information content (AvgIpc) is 3.42. The molecule has 0 saturated heterocycles. The Balaban J connectivity index is 1.47. The molecular formula is C39H34N2O5. The molecule has 0 heterocycles. The van der Waals surface area contributed by atoms with Gasteiger partial charge in [0.25, 0.3) is 0 Å². The number of ether oxygens (including phenoxy) is 1. The molecular weight excluding hydrogens is 576 g/mol. The third-order valence-corrected chi connectivity index (χ3v) is 8.47. The van der Waals surface area contributed by atoms with Gasteiger partial charge in [-0.05, 0) is 45.5 Å². The van der Waals surface area contributed by atoms with Gasteiger partial charge in [0.05, 0.1) is 31.7 Å². The van der Waals surface area contributed by atoms with Gasteiger partial charge >= 0.3 is 12.1 Å². The molecule has 0 aliphatic heterocycles. The van der Waals surface area contributed by atoms with Gasteiger partial charge in [-0.2, -0.15) is 0 Å². The first-order valence-electron chi connectivity index (χ1n) is 15.2. The summed E-state index contributed by atoms with van der Waals surface area (Å²) in [4.78, 5) is 44.1. The van der Waals surface area contributed by atoms with Crippen LogP contribution in [0.3, 0.4) is 0 Å². The van der Waals surface area contributed by atoms with E-state index in [2.05, 4.69) is 0 Å². The number of amides is 2. The number of carboxylic acids is 1. The van der Waals surface area contributed by atoms with Gasteiger partial charge in [-0.3, -0.25) is 14.5 Å². The molecule has 1 aliphatic carbocycles. The number of methoxy groups -OCH3 is 1. The van der Waals surface area contributed by atoms with Gasteiger partial charge < -0.3 is 14.7 Å². The molecule has 1 atom stereocenters. The second-order valence-corrected chi connectivity index (χ2v) is 11.2. The van der Waals surface area contributed by atoms with Crippen LogP contribution in [0.5, 0.6) is 0 Å². The van der Waals surface area contributed by atoms with Gasteiger partial charge in [-0.25, -0.2) is 4.79 Å². The molecule has 0 fully saturated rings. The summed E-state index contributed by atoms with van der Waals surface area (Å²) < 4.78 is 5.30. The van der Waals surface area contributed by atoms with Crippen LogP contribution in [0.15, 0.2) is 140 Å². The van der Waals surface area contributed by atoms with Crippen LogP contribution in [-0.4, -0.2) is 41.1 Å². The maximum atomic E-state index is 14.8. The monoisotopic (exact) mass is 610 g/mol. The lowest BCUT2D eigenvalue weighted by Crippen LogP contribution is -2.47. The molecule has 0 unspecified atom stereocenters. The highest BCUT2D eigenvalue weighted by atomic mass is 16.5. The summed E-state index contributed by atoms with van der Waals surface area (Å²) in [5.41, 5.74) is 6.05. The molecule has 7 heteroatoms. The number of rotatable bonds is 10. The first kappa shape index (κ1) is 30.3.